The lowest BCUT2D eigenvalue weighted by molar-refractivity contribution is 0.0196. The van der Waals surface area contributed by atoms with E-state index in [0.29, 0.717) is 18.9 Å². The molecule has 1 unspecified atom stereocenters. The van der Waals surface area contributed by atoms with Gasteiger partial charge in [0.2, 0.25) is 0 Å². The van der Waals surface area contributed by atoms with Crippen molar-refractivity contribution in [2.45, 2.75) is 45.1 Å². The molecule has 1 aliphatic rings. The molecular weight excluding hydrogens is 428 g/mol. The number of amides is 1. The van der Waals surface area contributed by atoms with Crippen molar-refractivity contribution in [3.8, 4) is 17.0 Å². The first-order valence-corrected chi connectivity index (χ1v) is 11.6. The van der Waals surface area contributed by atoms with Crippen molar-refractivity contribution in [3.05, 3.63) is 66.5 Å². The Kier molecular flexibility index (Phi) is 7.01. The number of hydrogen-bond acceptors (Lipinski definition) is 6. The van der Waals surface area contributed by atoms with E-state index in [1.165, 1.54) is 0 Å². The first-order valence-electron chi connectivity index (χ1n) is 11.6. The predicted molar refractivity (Wildman–Crippen MR) is 134 cm³/mol. The molecule has 1 aliphatic heterocycles. The Morgan fingerprint density at radius 1 is 1.06 bits per heavy atom. The summed E-state index contributed by atoms with van der Waals surface area (Å²) in [6.07, 6.45) is 1.51. The Morgan fingerprint density at radius 3 is 2.47 bits per heavy atom. The van der Waals surface area contributed by atoms with E-state index < -0.39 is 5.60 Å². The Labute approximate surface area is 201 Å². The summed E-state index contributed by atoms with van der Waals surface area (Å²) in [5.74, 6) is 2.26. The van der Waals surface area contributed by atoms with Gasteiger partial charge in [-0.15, -0.1) is 0 Å². The molecule has 1 atom stereocenters. The smallest absolute Gasteiger partial charge is 0.410 e. The number of carbonyl (C=O) groups is 1. The maximum atomic E-state index is 12.7. The number of hydrogen-bond donors (Lipinski definition) is 1. The van der Waals surface area contributed by atoms with Crippen molar-refractivity contribution >= 4 is 17.6 Å². The van der Waals surface area contributed by atoms with Crippen LogP contribution in [0.4, 0.5) is 16.3 Å². The second-order valence-corrected chi connectivity index (χ2v) is 9.48. The molecule has 1 fully saturated rings. The van der Waals surface area contributed by atoms with Gasteiger partial charge in [0.15, 0.2) is 0 Å². The number of piperidine rings is 1. The number of nitrogens with zero attached hydrogens (tertiary/aromatic N) is 3. The molecule has 1 saturated heterocycles. The maximum absolute atomic E-state index is 12.7. The van der Waals surface area contributed by atoms with Crippen molar-refractivity contribution in [3.63, 3.8) is 0 Å². The van der Waals surface area contributed by atoms with Crippen molar-refractivity contribution < 1.29 is 14.3 Å². The van der Waals surface area contributed by atoms with E-state index in [2.05, 4.69) is 5.32 Å². The number of aromatic nitrogens is 2. The van der Waals surface area contributed by atoms with Crippen LogP contribution in [0.2, 0.25) is 0 Å². The highest BCUT2D eigenvalue weighted by atomic mass is 16.6. The predicted octanol–water partition coefficient (Wildman–Crippen LogP) is 6.01. The lowest BCUT2D eigenvalue weighted by Crippen LogP contribution is -2.42. The summed E-state index contributed by atoms with van der Waals surface area (Å²) in [5, 5.41) is 3.40. The van der Waals surface area contributed by atoms with Gasteiger partial charge in [-0.05, 0) is 57.9 Å². The standard InChI is InChI=1S/C27H32N4O3/c1-27(2,3)34-26(32)31-16-8-11-20(18-31)25-29-23(19-9-6-5-7-10-19)17-24(30-25)28-21-12-14-22(33-4)15-13-21/h5-7,9-10,12-15,17,20H,8,11,16,18H2,1-4H3,(H,28,29,30). The van der Waals surface area contributed by atoms with Crippen molar-refractivity contribution in [2.75, 3.05) is 25.5 Å². The number of likely N-dealkylation sites (tertiary alicyclic amines) is 1. The molecule has 7 nitrogen and oxygen atoms in total. The van der Waals surface area contributed by atoms with Gasteiger partial charge < -0.3 is 19.7 Å². The van der Waals surface area contributed by atoms with Crippen LogP contribution in [0, 0.1) is 0 Å². The lowest BCUT2D eigenvalue weighted by atomic mass is 9.97. The first kappa shape index (κ1) is 23.5. The molecular formula is C27H32N4O3. The van der Waals surface area contributed by atoms with Gasteiger partial charge in [-0.25, -0.2) is 14.8 Å². The molecule has 7 heteroatoms. The summed E-state index contributed by atoms with van der Waals surface area (Å²) >= 11 is 0. The number of methoxy groups -OCH3 is 1. The molecule has 0 aliphatic carbocycles. The van der Waals surface area contributed by atoms with E-state index >= 15 is 0 Å². The third kappa shape index (κ3) is 6.04. The largest absolute Gasteiger partial charge is 0.497 e. The van der Waals surface area contributed by atoms with E-state index in [1.54, 1.807) is 12.0 Å². The van der Waals surface area contributed by atoms with Gasteiger partial charge in [0, 0.05) is 36.3 Å². The quantitative estimate of drug-likeness (QED) is 0.502. The van der Waals surface area contributed by atoms with E-state index in [-0.39, 0.29) is 12.0 Å². The molecule has 1 N–H and O–H groups in total. The summed E-state index contributed by atoms with van der Waals surface area (Å²) in [4.78, 5) is 24.2. The second-order valence-electron chi connectivity index (χ2n) is 9.48. The molecule has 1 aromatic heterocycles. The van der Waals surface area contributed by atoms with Gasteiger partial charge >= 0.3 is 6.09 Å². The summed E-state index contributed by atoms with van der Waals surface area (Å²) in [6.45, 7) is 6.87. The molecule has 2 heterocycles. The average Bonchev–Trinajstić information content (AvgIpc) is 2.84. The van der Waals surface area contributed by atoms with Crippen LogP contribution in [-0.2, 0) is 4.74 Å². The third-order valence-corrected chi connectivity index (χ3v) is 5.61. The molecule has 3 aromatic rings. The second kappa shape index (κ2) is 10.1. The monoisotopic (exact) mass is 460 g/mol. The number of anilines is 2. The number of benzene rings is 2. The molecule has 0 saturated carbocycles. The highest BCUT2D eigenvalue weighted by molar-refractivity contribution is 5.69. The van der Waals surface area contributed by atoms with Crippen LogP contribution in [0.1, 0.15) is 45.4 Å². The van der Waals surface area contributed by atoms with Gasteiger partial charge in [-0.2, -0.15) is 0 Å². The van der Waals surface area contributed by atoms with Crippen LogP contribution in [0.15, 0.2) is 60.7 Å². The normalized spacial score (nSPS) is 16.1. The zero-order chi connectivity index (χ0) is 24.1. The highest BCUT2D eigenvalue weighted by Gasteiger charge is 2.30. The number of nitrogens with one attached hydrogen (secondary N) is 1. The van der Waals surface area contributed by atoms with Crippen LogP contribution in [0.25, 0.3) is 11.3 Å². The molecule has 1 amide bonds. The zero-order valence-corrected chi connectivity index (χ0v) is 20.2. The zero-order valence-electron chi connectivity index (χ0n) is 20.2. The van der Waals surface area contributed by atoms with Crippen LogP contribution in [0.5, 0.6) is 5.75 Å². The maximum Gasteiger partial charge on any atom is 0.410 e. The Hall–Kier alpha value is -3.61. The van der Waals surface area contributed by atoms with Gasteiger partial charge in [-0.1, -0.05) is 30.3 Å². The Bertz CT molecular complexity index is 1110. The minimum absolute atomic E-state index is 0.0290. The molecule has 0 spiro atoms. The summed E-state index contributed by atoms with van der Waals surface area (Å²) < 4.78 is 10.9. The van der Waals surface area contributed by atoms with Gasteiger partial charge in [0.1, 0.15) is 23.0 Å². The minimum Gasteiger partial charge on any atom is -0.497 e. The fourth-order valence-electron chi connectivity index (χ4n) is 3.97. The lowest BCUT2D eigenvalue weighted by Gasteiger charge is -2.33. The highest BCUT2D eigenvalue weighted by Crippen LogP contribution is 2.30. The average molecular weight is 461 g/mol. The van der Waals surface area contributed by atoms with Crippen LogP contribution < -0.4 is 10.1 Å². The van der Waals surface area contributed by atoms with E-state index in [4.69, 9.17) is 19.4 Å². The van der Waals surface area contributed by atoms with Crippen molar-refractivity contribution in [2.24, 2.45) is 0 Å². The van der Waals surface area contributed by atoms with Crippen LogP contribution in [-0.4, -0.2) is 46.8 Å². The fourth-order valence-corrected chi connectivity index (χ4v) is 3.97. The fraction of sp³-hybridized carbons (Fsp3) is 0.370. The van der Waals surface area contributed by atoms with Crippen molar-refractivity contribution in [1.29, 1.82) is 0 Å². The van der Waals surface area contributed by atoms with Gasteiger partial charge in [0.05, 0.1) is 12.8 Å². The van der Waals surface area contributed by atoms with Gasteiger partial charge in [-0.3, -0.25) is 0 Å². The SMILES string of the molecule is COc1ccc(Nc2cc(-c3ccccc3)nc(C3CCCN(C(=O)OC(C)(C)C)C3)n2)cc1. The number of rotatable bonds is 5. The Morgan fingerprint density at radius 2 is 1.79 bits per heavy atom. The van der Waals surface area contributed by atoms with Crippen molar-refractivity contribution in [1.82, 2.24) is 14.9 Å². The van der Waals surface area contributed by atoms with Crippen LogP contribution >= 0.6 is 0 Å². The molecule has 2 aromatic carbocycles. The summed E-state index contributed by atoms with van der Waals surface area (Å²) in [7, 11) is 1.65. The number of carbonyl (C=O) groups excluding carboxylic acids is 1. The molecule has 178 valence electrons. The van der Waals surface area contributed by atoms with E-state index in [0.717, 1.165) is 41.4 Å². The summed E-state index contributed by atoms with van der Waals surface area (Å²) in [6, 6.07) is 19.7. The molecule has 4 rings (SSSR count). The summed E-state index contributed by atoms with van der Waals surface area (Å²) in [5.41, 5.74) is 2.24. The minimum atomic E-state index is -0.525. The molecule has 0 radical (unpaired) electrons. The van der Waals surface area contributed by atoms with Gasteiger partial charge in [0.25, 0.3) is 0 Å². The molecule has 0 bridgehead atoms. The van der Waals surface area contributed by atoms with Crippen LogP contribution in [0.3, 0.4) is 0 Å². The topological polar surface area (TPSA) is 76.6 Å². The first-order chi connectivity index (χ1) is 16.3. The van der Waals surface area contributed by atoms with E-state index in [1.807, 2.05) is 81.4 Å². The van der Waals surface area contributed by atoms with E-state index in [9.17, 15) is 4.79 Å². The number of ether oxygens (including phenoxy) is 2. The Balaban J connectivity index is 1.62. The molecule has 34 heavy (non-hydrogen) atoms. The third-order valence-electron chi connectivity index (χ3n) is 5.61.